The van der Waals surface area contributed by atoms with Crippen molar-refractivity contribution in [2.45, 2.75) is 24.7 Å². The number of carbonyl (C=O) groups is 1. The average Bonchev–Trinajstić information content (AvgIpc) is 3.13. The Morgan fingerprint density at radius 3 is 2.87 bits per heavy atom. The van der Waals surface area contributed by atoms with E-state index in [1.807, 2.05) is 0 Å². The zero-order valence-corrected chi connectivity index (χ0v) is 16.5. The number of nitrogens with one attached hydrogen (secondary N) is 1. The number of ether oxygens (including phenoxy) is 2. The molecule has 3 heterocycles. The number of halogens is 3. The van der Waals surface area contributed by atoms with Gasteiger partial charge in [-0.15, -0.1) is 0 Å². The second-order valence-corrected chi connectivity index (χ2v) is 7.39. The van der Waals surface area contributed by atoms with Crippen molar-refractivity contribution >= 4 is 17.6 Å². The molecule has 0 saturated carbocycles. The monoisotopic (exact) mass is 435 g/mol. The molecule has 0 aliphatic carbocycles. The summed E-state index contributed by atoms with van der Waals surface area (Å²) in [6, 6.07) is 3.78. The van der Waals surface area contributed by atoms with Gasteiger partial charge in [0.2, 0.25) is 0 Å². The summed E-state index contributed by atoms with van der Waals surface area (Å²) < 4.78 is 52.3. The quantitative estimate of drug-likeness (QED) is 0.746. The molecule has 4 rings (SSSR count). The van der Waals surface area contributed by atoms with Gasteiger partial charge in [0.15, 0.2) is 0 Å². The molecular formula is C20H20F3N5O3. The predicted molar refractivity (Wildman–Crippen MR) is 104 cm³/mol. The van der Waals surface area contributed by atoms with Gasteiger partial charge in [0.05, 0.1) is 43.3 Å². The molecule has 11 heteroatoms. The van der Waals surface area contributed by atoms with Crippen molar-refractivity contribution in [3.8, 4) is 0 Å². The van der Waals surface area contributed by atoms with Crippen molar-refractivity contribution in [2.24, 2.45) is 16.6 Å². The van der Waals surface area contributed by atoms with Gasteiger partial charge in [0, 0.05) is 11.3 Å². The number of fused-ring (bicyclic) bond motifs is 1. The third-order valence-electron chi connectivity index (χ3n) is 5.45. The van der Waals surface area contributed by atoms with Crippen LogP contribution >= 0.6 is 0 Å². The van der Waals surface area contributed by atoms with Crippen LogP contribution in [0.15, 0.2) is 35.6 Å². The minimum Gasteiger partial charge on any atom is -0.465 e. The van der Waals surface area contributed by atoms with E-state index in [2.05, 4.69) is 20.3 Å². The minimum atomic E-state index is -1.31. The fraction of sp³-hybridized carbons (Fsp3) is 0.400. The van der Waals surface area contributed by atoms with Crippen LogP contribution in [0, 0.1) is 11.7 Å². The Bertz CT molecular complexity index is 1020. The molecule has 0 bridgehead atoms. The van der Waals surface area contributed by atoms with E-state index in [9.17, 15) is 18.0 Å². The Kier molecular flexibility index (Phi) is 5.52. The van der Waals surface area contributed by atoms with Gasteiger partial charge < -0.3 is 20.5 Å². The maximum absolute atomic E-state index is 14.9. The Labute approximate surface area is 175 Å². The smallest absolute Gasteiger partial charge is 0.282 e. The molecule has 3 N–H and O–H groups in total. The van der Waals surface area contributed by atoms with E-state index < -0.39 is 42.1 Å². The maximum Gasteiger partial charge on any atom is 0.282 e. The van der Waals surface area contributed by atoms with Crippen molar-refractivity contribution in [3.63, 3.8) is 0 Å². The normalized spacial score (nSPS) is 25.9. The van der Waals surface area contributed by atoms with E-state index in [0.29, 0.717) is 0 Å². The highest BCUT2D eigenvalue weighted by Crippen LogP contribution is 2.46. The van der Waals surface area contributed by atoms with E-state index in [-0.39, 0.29) is 41.9 Å². The third-order valence-corrected chi connectivity index (χ3v) is 5.45. The molecule has 4 unspecified atom stereocenters. The number of aromatic nitrogens is 2. The van der Waals surface area contributed by atoms with Crippen LogP contribution in [0.2, 0.25) is 0 Å². The first-order valence-electron chi connectivity index (χ1n) is 9.57. The van der Waals surface area contributed by atoms with Crippen LogP contribution in [0.25, 0.3) is 0 Å². The van der Waals surface area contributed by atoms with Gasteiger partial charge in [-0.2, -0.15) is 0 Å². The standard InChI is InChI=1S/C20H20F3N5O3/c1-10(22)15-6-26-16(7-25-15)18(29)27-11-2-3-14(23)12(4-11)20-9-31-17(5-21)13(20)8-30-19(24)28-20/h2-4,6-7,10,13,17H,5,8-9H2,1H3,(H2,24,28)(H,27,29). The second-order valence-electron chi connectivity index (χ2n) is 7.39. The van der Waals surface area contributed by atoms with Crippen molar-refractivity contribution in [3.05, 3.63) is 53.4 Å². The molecule has 2 aliphatic rings. The van der Waals surface area contributed by atoms with E-state index >= 15 is 0 Å². The van der Waals surface area contributed by atoms with Gasteiger partial charge in [-0.25, -0.2) is 23.1 Å². The molecule has 31 heavy (non-hydrogen) atoms. The number of aliphatic imine (C=N–C) groups is 1. The summed E-state index contributed by atoms with van der Waals surface area (Å²) >= 11 is 0. The van der Waals surface area contributed by atoms with Crippen LogP contribution in [0.5, 0.6) is 0 Å². The van der Waals surface area contributed by atoms with E-state index in [1.165, 1.54) is 31.3 Å². The molecule has 1 saturated heterocycles. The van der Waals surface area contributed by atoms with E-state index in [0.717, 1.165) is 6.20 Å². The number of alkyl halides is 2. The lowest BCUT2D eigenvalue weighted by molar-refractivity contribution is 0.0528. The van der Waals surface area contributed by atoms with Crippen LogP contribution < -0.4 is 11.1 Å². The van der Waals surface area contributed by atoms with Crippen LogP contribution in [0.4, 0.5) is 18.9 Å². The molecule has 1 aromatic carbocycles. The van der Waals surface area contributed by atoms with Gasteiger partial charge in [0.1, 0.15) is 29.9 Å². The molecule has 1 fully saturated rings. The van der Waals surface area contributed by atoms with Crippen molar-refractivity contribution in [2.75, 3.05) is 25.2 Å². The molecule has 0 radical (unpaired) electrons. The highest BCUT2D eigenvalue weighted by molar-refractivity contribution is 6.02. The Hall–Kier alpha value is -3.21. The second kappa shape index (κ2) is 8.14. The molecular weight excluding hydrogens is 415 g/mol. The number of carbonyl (C=O) groups excluding carboxylic acids is 1. The number of hydrogen-bond acceptors (Lipinski definition) is 7. The molecule has 0 spiro atoms. The summed E-state index contributed by atoms with van der Waals surface area (Å²) in [5.74, 6) is -1.81. The van der Waals surface area contributed by atoms with Crippen LogP contribution in [-0.4, -0.2) is 47.9 Å². The largest absolute Gasteiger partial charge is 0.465 e. The van der Waals surface area contributed by atoms with E-state index in [1.54, 1.807) is 0 Å². The lowest BCUT2D eigenvalue weighted by Gasteiger charge is -2.35. The van der Waals surface area contributed by atoms with Crippen LogP contribution in [0.1, 0.15) is 34.8 Å². The molecule has 2 aliphatic heterocycles. The topological polar surface area (TPSA) is 112 Å². The van der Waals surface area contributed by atoms with E-state index in [4.69, 9.17) is 15.2 Å². The number of rotatable bonds is 5. The van der Waals surface area contributed by atoms with Gasteiger partial charge in [-0.3, -0.25) is 9.78 Å². The first-order valence-corrected chi connectivity index (χ1v) is 9.57. The summed E-state index contributed by atoms with van der Waals surface area (Å²) in [4.78, 5) is 24.5. The zero-order chi connectivity index (χ0) is 22.2. The highest BCUT2D eigenvalue weighted by Gasteiger charge is 2.55. The Morgan fingerprint density at radius 2 is 2.19 bits per heavy atom. The van der Waals surface area contributed by atoms with Gasteiger partial charge in [0.25, 0.3) is 11.9 Å². The lowest BCUT2D eigenvalue weighted by Crippen LogP contribution is -2.45. The lowest BCUT2D eigenvalue weighted by atomic mass is 9.78. The summed E-state index contributed by atoms with van der Waals surface area (Å²) in [5.41, 5.74) is 4.86. The number of benzene rings is 1. The number of amides is 1. The maximum atomic E-state index is 14.9. The van der Waals surface area contributed by atoms with Gasteiger partial charge in [-0.05, 0) is 25.1 Å². The highest BCUT2D eigenvalue weighted by atomic mass is 19.1. The minimum absolute atomic E-state index is 0.0227. The molecule has 2 aromatic rings. The summed E-state index contributed by atoms with van der Waals surface area (Å²) in [6.07, 6.45) is 0.193. The molecule has 8 nitrogen and oxygen atoms in total. The summed E-state index contributed by atoms with van der Waals surface area (Å²) in [5, 5.41) is 2.60. The summed E-state index contributed by atoms with van der Waals surface area (Å²) in [7, 11) is 0. The first kappa shape index (κ1) is 21.0. The SMILES string of the molecule is CC(F)c1cnc(C(=O)Nc2ccc(F)c(C34COC(CF)C3COC(N)=N4)c2)cn1. The van der Waals surface area contributed by atoms with Crippen molar-refractivity contribution in [1.82, 2.24) is 9.97 Å². The predicted octanol–water partition coefficient (Wildman–Crippen LogP) is 2.42. The average molecular weight is 435 g/mol. The molecule has 1 aromatic heterocycles. The number of nitrogens with two attached hydrogens (primary N) is 1. The third kappa shape index (κ3) is 3.80. The number of hydrogen-bond donors (Lipinski definition) is 2. The number of anilines is 1. The zero-order valence-electron chi connectivity index (χ0n) is 16.5. The number of amidine groups is 1. The van der Waals surface area contributed by atoms with Gasteiger partial charge in [-0.1, -0.05) is 0 Å². The van der Waals surface area contributed by atoms with Crippen molar-refractivity contribution < 1.29 is 27.4 Å². The Balaban J connectivity index is 1.64. The van der Waals surface area contributed by atoms with Crippen LogP contribution in [0.3, 0.4) is 0 Å². The van der Waals surface area contributed by atoms with Crippen molar-refractivity contribution in [1.29, 1.82) is 0 Å². The molecule has 4 atom stereocenters. The first-order chi connectivity index (χ1) is 14.8. The summed E-state index contributed by atoms with van der Waals surface area (Å²) in [6.45, 7) is 0.464. The fourth-order valence-corrected chi connectivity index (χ4v) is 3.81. The molecule has 164 valence electrons. The molecule has 1 amide bonds. The Morgan fingerprint density at radius 1 is 1.39 bits per heavy atom. The van der Waals surface area contributed by atoms with Gasteiger partial charge >= 0.3 is 0 Å². The van der Waals surface area contributed by atoms with Crippen LogP contribution in [-0.2, 0) is 15.0 Å². The number of nitrogens with zero attached hydrogens (tertiary/aromatic N) is 3. The fourth-order valence-electron chi connectivity index (χ4n) is 3.81.